The first kappa shape index (κ1) is 14.6. The van der Waals surface area contributed by atoms with Gasteiger partial charge >= 0.3 is 0 Å². The first-order chi connectivity index (χ1) is 8.69. The van der Waals surface area contributed by atoms with Gasteiger partial charge in [0.2, 0.25) is 0 Å². The van der Waals surface area contributed by atoms with Crippen molar-refractivity contribution < 1.29 is 4.74 Å². The molecule has 1 rings (SSSR count). The minimum absolute atomic E-state index is 0.303. The molecule has 1 aromatic carbocycles. The van der Waals surface area contributed by atoms with Gasteiger partial charge in [-0.05, 0) is 32.9 Å². The van der Waals surface area contributed by atoms with Gasteiger partial charge in [-0.15, -0.1) is 12.3 Å². The Morgan fingerprint density at radius 2 is 2.22 bits per heavy atom. The van der Waals surface area contributed by atoms with Crippen molar-refractivity contribution in [1.29, 1.82) is 0 Å². The van der Waals surface area contributed by atoms with E-state index in [9.17, 15) is 0 Å². The summed E-state index contributed by atoms with van der Waals surface area (Å²) in [7, 11) is 0. The molecule has 0 spiro atoms. The molecule has 0 saturated carbocycles. The van der Waals surface area contributed by atoms with Crippen molar-refractivity contribution in [3.05, 3.63) is 29.3 Å². The number of rotatable bonds is 7. The summed E-state index contributed by atoms with van der Waals surface area (Å²) in [6.45, 7) is 8.00. The van der Waals surface area contributed by atoms with E-state index in [0.717, 1.165) is 25.1 Å². The highest BCUT2D eigenvalue weighted by atomic mass is 16.5. The molecule has 0 aromatic heterocycles. The first-order valence-electron chi connectivity index (χ1n) is 6.59. The van der Waals surface area contributed by atoms with Crippen LogP contribution in [0.1, 0.15) is 43.9 Å². The molecule has 0 heterocycles. The third-order valence-electron chi connectivity index (χ3n) is 2.87. The van der Waals surface area contributed by atoms with Gasteiger partial charge in [0.15, 0.2) is 0 Å². The van der Waals surface area contributed by atoms with Gasteiger partial charge in [0.1, 0.15) is 5.75 Å². The largest absolute Gasteiger partial charge is 0.493 e. The van der Waals surface area contributed by atoms with Crippen molar-refractivity contribution in [2.24, 2.45) is 0 Å². The van der Waals surface area contributed by atoms with Gasteiger partial charge in [-0.3, -0.25) is 0 Å². The lowest BCUT2D eigenvalue weighted by atomic mass is 10.0. The van der Waals surface area contributed by atoms with Crippen LogP contribution in [0.15, 0.2) is 18.2 Å². The van der Waals surface area contributed by atoms with E-state index in [4.69, 9.17) is 11.2 Å². The zero-order chi connectivity index (χ0) is 13.4. The summed E-state index contributed by atoms with van der Waals surface area (Å²) in [6.07, 6.45) is 6.90. The van der Waals surface area contributed by atoms with Crippen LogP contribution in [-0.2, 0) is 0 Å². The van der Waals surface area contributed by atoms with Gasteiger partial charge in [0.25, 0.3) is 0 Å². The number of benzene rings is 1. The molecule has 0 fully saturated rings. The first-order valence-corrected chi connectivity index (χ1v) is 6.59. The zero-order valence-corrected chi connectivity index (χ0v) is 11.6. The zero-order valence-electron chi connectivity index (χ0n) is 11.6. The predicted molar refractivity (Wildman–Crippen MR) is 76.8 cm³/mol. The molecule has 1 atom stereocenters. The topological polar surface area (TPSA) is 21.3 Å². The maximum absolute atomic E-state index is 5.83. The third kappa shape index (κ3) is 4.43. The molecular formula is C16H23NO. The molecule has 0 aliphatic heterocycles. The van der Waals surface area contributed by atoms with Gasteiger partial charge in [-0.1, -0.05) is 24.6 Å². The molecule has 2 nitrogen and oxygen atoms in total. The Morgan fingerprint density at radius 3 is 2.89 bits per heavy atom. The van der Waals surface area contributed by atoms with Crippen LogP contribution in [0, 0.1) is 19.3 Å². The maximum atomic E-state index is 5.83. The lowest BCUT2D eigenvalue weighted by Crippen LogP contribution is -2.18. The Labute approximate surface area is 111 Å². The Bertz CT molecular complexity index is 406. The van der Waals surface area contributed by atoms with Crippen LogP contribution in [0.2, 0.25) is 0 Å². The van der Waals surface area contributed by atoms with E-state index in [1.165, 1.54) is 11.1 Å². The van der Waals surface area contributed by atoms with Gasteiger partial charge < -0.3 is 10.1 Å². The van der Waals surface area contributed by atoms with E-state index >= 15 is 0 Å². The number of unbranched alkanes of at least 4 members (excludes halogenated alkanes) is 1. The molecule has 1 unspecified atom stereocenters. The molecule has 1 N–H and O–H groups in total. The van der Waals surface area contributed by atoms with Crippen molar-refractivity contribution >= 4 is 0 Å². The molecule has 1 aromatic rings. The summed E-state index contributed by atoms with van der Waals surface area (Å²) in [5, 5.41) is 3.42. The fourth-order valence-corrected chi connectivity index (χ4v) is 1.91. The fourth-order valence-electron chi connectivity index (χ4n) is 1.91. The number of terminal acetylenes is 1. The highest BCUT2D eigenvalue weighted by molar-refractivity contribution is 5.38. The predicted octanol–water partition coefficient (Wildman–Crippen LogP) is 3.46. The average molecular weight is 245 g/mol. The summed E-state index contributed by atoms with van der Waals surface area (Å²) in [6, 6.07) is 6.62. The second kappa shape index (κ2) is 7.79. The van der Waals surface area contributed by atoms with E-state index in [1.54, 1.807) is 0 Å². The van der Waals surface area contributed by atoms with E-state index in [1.807, 2.05) is 6.07 Å². The number of ether oxygens (including phenoxy) is 1. The molecule has 0 aliphatic rings. The van der Waals surface area contributed by atoms with E-state index in [-0.39, 0.29) is 0 Å². The van der Waals surface area contributed by atoms with Gasteiger partial charge in [0.05, 0.1) is 6.61 Å². The normalized spacial score (nSPS) is 11.9. The van der Waals surface area contributed by atoms with Crippen molar-refractivity contribution in [2.75, 3.05) is 13.2 Å². The smallest absolute Gasteiger partial charge is 0.124 e. The second-order valence-electron chi connectivity index (χ2n) is 4.48. The Balaban J connectivity index is 2.73. The molecule has 98 valence electrons. The number of hydrogen-bond acceptors (Lipinski definition) is 2. The van der Waals surface area contributed by atoms with Crippen molar-refractivity contribution in [1.82, 2.24) is 5.32 Å². The van der Waals surface area contributed by atoms with E-state index < -0.39 is 0 Å². The van der Waals surface area contributed by atoms with Crippen LogP contribution < -0.4 is 10.1 Å². The Kier molecular flexibility index (Phi) is 6.32. The quantitative estimate of drug-likeness (QED) is 0.587. The highest BCUT2D eigenvalue weighted by Crippen LogP contribution is 2.26. The molecule has 0 bridgehead atoms. The minimum Gasteiger partial charge on any atom is -0.493 e. The summed E-state index contributed by atoms with van der Waals surface area (Å²) < 4.78 is 5.83. The summed E-state index contributed by atoms with van der Waals surface area (Å²) in [4.78, 5) is 0. The van der Waals surface area contributed by atoms with Gasteiger partial charge in [0, 0.05) is 18.0 Å². The fraction of sp³-hybridized carbons (Fsp3) is 0.500. The van der Waals surface area contributed by atoms with Crippen molar-refractivity contribution in [2.45, 2.75) is 39.7 Å². The Hall–Kier alpha value is -1.46. The van der Waals surface area contributed by atoms with Crippen LogP contribution in [0.3, 0.4) is 0 Å². The van der Waals surface area contributed by atoms with Crippen LogP contribution in [0.4, 0.5) is 0 Å². The van der Waals surface area contributed by atoms with Crippen LogP contribution in [-0.4, -0.2) is 13.2 Å². The maximum Gasteiger partial charge on any atom is 0.124 e. The number of hydrogen-bond donors (Lipinski definition) is 1. The minimum atomic E-state index is 0.303. The third-order valence-corrected chi connectivity index (χ3v) is 2.87. The summed E-state index contributed by atoms with van der Waals surface area (Å²) >= 11 is 0. The monoisotopic (exact) mass is 245 g/mol. The lowest BCUT2D eigenvalue weighted by Gasteiger charge is -2.18. The summed E-state index contributed by atoms with van der Waals surface area (Å²) in [5.74, 6) is 3.59. The highest BCUT2D eigenvalue weighted by Gasteiger charge is 2.10. The van der Waals surface area contributed by atoms with Gasteiger partial charge in [-0.25, -0.2) is 0 Å². The molecule has 2 heteroatoms. The average Bonchev–Trinajstić information content (AvgIpc) is 2.36. The van der Waals surface area contributed by atoms with E-state index in [0.29, 0.717) is 12.6 Å². The SMILES string of the molecule is C#CCCCOc1ccc(C)cc1C(C)NCC. The molecule has 0 saturated heterocycles. The van der Waals surface area contributed by atoms with Crippen LogP contribution in [0.5, 0.6) is 5.75 Å². The molecule has 0 amide bonds. The van der Waals surface area contributed by atoms with Crippen LogP contribution >= 0.6 is 0 Å². The number of aryl methyl sites for hydroxylation is 1. The summed E-state index contributed by atoms with van der Waals surface area (Å²) in [5.41, 5.74) is 2.48. The van der Waals surface area contributed by atoms with Crippen molar-refractivity contribution in [3.63, 3.8) is 0 Å². The molecule has 0 radical (unpaired) electrons. The standard InChI is InChI=1S/C16H23NO/c1-5-7-8-11-18-16-10-9-13(3)12-15(16)14(4)17-6-2/h1,9-10,12,14,17H,6-8,11H2,2-4H3. The molecule has 0 aliphatic carbocycles. The van der Waals surface area contributed by atoms with Gasteiger partial charge in [-0.2, -0.15) is 0 Å². The van der Waals surface area contributed by atoms with Crippen molar-refractivity contribution in [3.8, 4) is 18.1 Å². The molecule has 18 heavy (non-hydrogen) atoms. The molecular weight excluding hydrogens is 222 g/mol. The lowest BCUT2D eigenvalue weighted by molar-refractivity contribution is 0.306. The number of nitrogens with one attached hydrogen (secondary N) is 1. The van der Waals surface area contributed by atoms with E-state index in [2.05, 4.69) is 44.1 Å². The van der Waals surface area contributed by atoms with Crippen LogP contribution in [0.25, 0.3) is 0 Å². The Morgan fingerprint density at radius 1 is 1.44 bits per heavy atom. The second-order valence-corrected chi connectivity index (χ2v) is 4.48.